The Morgan fingerprint density at radius 1 is 0.720 bits per heavy atom. The van der Waals surface area contributed by atoms with Crippen LogP contribution in [0.3, 0.4) is 0 Å². The molecule has 6 heteroatoms. The van der Waals surface area contributed by atoms with Gasteiger partial charge in [-0.15, -0.1) is 0 Å². The molecule has 2 rings (SSSR count). The average molecular weight is 592 g/mol. The standard InChI is InChI=1S/C19H12Br4O2/c1-3-16(24)18-12(20)6-10(7-13(18)21)5-11-8-14(22)19(15(23)9-11)17(25)4-2/h3-4,6-9H,1-2,5H2. The zero-order chi connectivity index (χ0) is 18.7. The fourth-order valence-corrected chi connectivity index (χ4v) is 5.71. The highest BCUT2D eigenvalue weighted by Crippen LogP contribution is 2.32. The van der Waals surface area contributed by atoms with Crippen molar-refractivity contribution in [1.29, 1.82) is 0 Å². The zero-order valence-electron chi connectivity index (χ0n) is 12.9. The lowest BCUT2D eigenvalue weighted by atomic mass is 10.0. The van der Waals surface area contributed by atoms with Gasteiger partial charge in [0, 0.05) is 17.9 Å². The molecule has 0 aliphatic rings. The normalized spacial score (nSPS) is 10.4. The molecule has 0 unspecified atom stereocenters. The second-order valence-corrected chi connectivity index (χ2v) is 8.60. The smallest absolute Gasteiger partial charge is 0.187 e. The predicted octanol–water partition coefficient (Wildman–Crippen LogP) is 7.06. The van der Waals surface area contributed by atoms with Crippen molar-refractivity contribution < 1.29 is 9.59 Å². The Bertz CT molecular complexity index is 781. The highest BCUT2D eigenvalue weighted by atomic mass is 79.9. The molecule has 0 aromatic heterocycles. The lowest BCUT2D eigenvalue weighted by Crippen LogP contribution is -2.01. The highest BCUT2D eigenvalue weighted by molar-refractivity contribution is 9.11. The van der Waals surface area contributed by atoms with Crippen LogP contribution < -0.4 is 0 Å². The molecule has 0 spiro atoms. The van der Waals surface area contributed by atoms with Crippen molar-refractivity contribution in [3.63, 3.8) is 0 Å². The number of halogens is 4. The molecule has 0 bridgehead atoms. The van der Waals surface area contributed by atoms with Gasteiger partial charge in [-0.2, -0.15) is 0 Å². The maximum atomic E-state index is 11.9. The lowest BCUT2D eigenvalue weighted by molar-refractivity contribution is 0.103. The van der Waals surface area contributed by atoms with Crippen LogP contribution in [0.4, 0.5) is 0 Å². The number of carbonyl (C=O) groups is 2. The Labute approximate surface area is 179 Å². The van der Waals surface area contributed by atoms with E-state index in [2.05, 4.69) is 76.9 Å². The van der Waals surface area contributed by atoms with Crippen LogP contribution in [-0.4, -0.2) is 11.6 Å². The van der Waals surface area contributed by atoms with Gasteiger partial charge in [0.05, 0.1) is 11.1 Å². The third-order valence-corrected chi connectivity index (χ3v) is 5.98. The molecule has 128 valence electrons. The average Bonchev–Trinajstić information content (AvgIpc) is 2.52. The van der Waals surface area contributed by atoms with Gasteiger partial charge in [0.2, 0.25) is 0 Å². The lowest BCUT2D eigenvalue weighted by Gasteiger charge is -2.11. The summed E-state index contributed by atoms with van der Waals surface area (Å²) in [6.45, 7) is 7.04. The summed E-state index contributed by atoms with van der Waals surface area (Å²) in [5, 5.41) is 0. The first-order chi connectivity index (χ1) is 11.8. The van der Waals surface area contributed by atoms with E-state index in [9.17, 15) is 9.59 Å². The number of carbonyl (C=O) groups excluding carboxylic acids is 2. The second kappa shape index (κ2) is 8.71. The molecule has 2 aromatic rings. The summed E-state index contributed by atoms with van der Waals surface area (Å²) >= 11 is 13.8. The first kappa shape index (κ1) is 20.5. The maximum Gasteiger partial charge on any atom is 0.187 e. The molecule has 0 atom stereocenters. The van der Waals surface area contributed by atoms with E-state index in [0.29, 0.717) is 35.4 Å². The molecule has 2 nitrogen and oxygen atoms in total. The minimum Gasteiger partial charge on any atom is -0.289 e. The number of benzene rings is 2. The van der Waals surface area contributed by atoms with Gasteiger partial charge in [0.15, 0.2) is 11.6 Å². The number of hydrogen-bond acceptors (Lipinski definition) is 2. The molecule has 2 aromatic carbocycles. The van der Waals surface area contributed by atoms with E-state index in [1.807, 2.05) is 24.3 Å². The van der Waals surface area contributed by atoms with Crippen LogP contribution in [0.5, 0.6) is 0 Å². The predicted molar refractivity (Wildman–Crippen MR) is 116 cm³/mol. The Morgan fingerprint density at radius 2 is 1.00 bits per heavy atom. The Morgan fingerprint density at radius 3 is 1.24 bits per heavy atom. The second-order valence-electron chi connectivity index (χ2n) is 5.18. The zero-order valence-corrected chi connectivity index (χ0v) is 19.3. The number of allylic oxidation sites excluding steroid dienone is 2. The quantitative estimate of drug-likeness (QED) is 0.266. The Kier molecular flexibility index (Phi) is 7.14. The number of rotatable bonds is 6. The molecule has 0 fully saturated rings. The van der Waals surface area contributed by atoms with Crippen molar-refractivity contribution in [3.8, 4) is 0 Å². The van der Waals surface area contributed by atoms with E-state index >= 15 is 0 Å². The van der Waals surface area contributed by atoms with Crippen LogP contribution in [0.15, 0.2) is 67.5 Å². The molecule has 0 heterocycles. The summed E-state index contributed by atoms with van der Waals surface area (Å²) < 4.78 is 2.83. The van der Waals surface area contributed by atoms with E-state index in [-0.39, 0.29) is 11.6 Å². The van der Waals surface area contributed by atoms with Crippen LogP contribution in [0.1, 0.15) is 31.8 Å². The first-order valence-electron chi connectivity index (χ1n) is 7.07. The molecule has 0 amide bonds. The SMILES string of the molecule is C=CC(=O)c1c(Br)cc(Cc2cc(Br)c(C(=O)C=C)c(Br)c2)cc1Br. The van der Waals surface area contributed by atoms with Crippen LogP contribution >= 0.6 is 63.7 Å². The van der Waals surface area contributed by atoms with Gasteiger partial charge in [0.25, 0.3) is 0 Å². The summed E-state index contributed by atoms with van der Waals surface area (Å²) in [7, 11) is 0. The highest BCUT2D eigenvalue weighted by Gasteiger charge is 2.15. The molecule has 0 saturated carbocycles. The van der Waals surface area contributed by atoms with Crippen molar-refractivity contribution in [2.75, 3.05) is 0 Å². The Hall–Kier alpha value is -0.820. The van der Waals surface area contributed by atoms with Gasteiger partial charge >= 0.3 is 0 Å². The summed E-state index contributed by atoms with van der Waals surface area (Å²) in [4.78, 5) is 23.8. The first-order valence-corrected chi connectivity index (χ1v) is 10.2. The molecule has 0 aliphatic heterocycles. The summed E-state index contributed by atoms with van der Waals surface area (Å²) in [6.07, 6.45) is 3.21. The van der Waals surface area contributed by atoms with Crippen molar-refractivity contribution >= 4 is 75.3 Å². The van der Waals surface area contributed by atoms with Crippen molar-refractivity contribution in [3.05, 3.63) is 89.7 Å². The fourth-order valence-electron chi connectivity index (χ4n) is 2.37. The number of hydrogen-bond donors (Lipinski definition) is 0. The van der Waals surface area contributed by atoms with E-state index in [1.165, 1.54) is 12.2 Å². The largest absolute Gasteiger partial charge is 0.289 e. The van der Waals surface area contributed by atoms with Crippen LogP contribution in [0.25, 0.3) is 0 Å². The van der Waals surface area contributed by atoms with Gasteiger partial charge < -0.3 is 0 Å². The topological polar surface area (TPSA) is 34.1 Å². The summed E-state index contributed by atoms with van der Waals surface area (Å²) in [5.74, 6) is -0.300. The summed E-state index contributed by atoms with van der Waals surface area (Å²) in [6, 6.07) is 7.64. The van der Waals surface area contributed by atoms with E-state index < -0.39 is 0 Å². The van der Waals surface area contributed by atoms with Gasteiger partial charge in [-0.05, 0) is 118 Å². The van der Waals surface area contributed by atoms with E-state index in [0.717, 1.165) is 11.1 Å². The third kappa shape index (κ3) is 4.67. The molecule has 0 N–H and O–H groups in total. The van der Waals surface area contributed by atoms with Crippen molar-refractivity contribution in [2.45, 2.75) is 6.42 Å². The number of ketones is 2. The molecule has 0 saturated heterocycles. The monoisotopic (exact) mass is 588 g/mol. The van der Waals surface area contributed by atoms with Gasteiger partial charge in [-0.3, -0.25) is 9.59 Å². The minimum atomic E-state index is -0.150. The fraction of sp³-hybridized carbons (Fsp3) is 0.0526. The van der Waals surface area contributed by atoms with Crippen LogP contribution in [-0.2, 0) is 6.42 Å². The molecular formula is C19H12Br4O2. The molecule has 0 radical (unpaired) electrons. The van der Waals surface area contributed by atoms with Crippen LogP contribution in [0.2, 0.25) is 0 Å². The Balaban J connectivity index is 2.41. The molecule has 0 aliphatic carbocycles. The van der Waals surface area contributed by atoms with E-state index in [4.69, 9.17) is 0 Å². The van der Waals surface area contributed by atoms with Gasteiger partial charge in [-0.1, -0.05) is 13.2 Å². The summed E-state index contributed by atoms with van der Waals surface area (Å²) in [5.41, 5.74) is 3.13. The molecular weight excluding hydrogens is 580 g/mol. The van der Waals surface area contributed by atoms with Crippen molar-refractivity contribution in [1.82, 2.24) is 0 Å². The van der Waals surface area contributed by atoms with Crippen LogP contribution in [0, 0.1) is 0 Å². The van der Waals surface area contributed by atoms with Gasteiger partial charge in [-0.25, -0.2) is 0 Å². The van der Waals surface area contributed by atoms with E-state index in [1.54, 1.807) is 0 Å². The molecule has 25 heavy (non-hydrogen) atoms. The third-order valence-electron chi connectivity index (χ3n) is 3.48. The van der Waals surface area contributed by atoms with Gasteiger partial charge in [0.1, 0.15) is 0 Å². The van der Waals surface area contributed by atoms with Crippen molar-refractivity contribution in [2.24, 2.45) is 0 Å². The maximum absolute atomic E-state index is 11.9. The minimum absolute atomic E-state index is 0.150.